The molecule has 2 N–H and O–H groups in total. The summed E-state index contributed by atoms with van der Waals surface area (Å²) >= 11 is 0. The van der Waals surface area contributed by atoms with E-state index in [4.69, 9.17) is 0 Å². The topological polar surface area (TPSA) is 59.0 Å². The van der Waals surface area contributed by atoms with E-state index in [0.717, 1.165) is 0 Å². The number of amides is 1. The molecule has 0 aliphatic rings. The molecule has 0 spiro atoms. The third kappa shape index (κ3) is 3.62. The van der Waals surface area contributed by atoms with E-state index < -0.39 is 0 Å². The first-order chi connectivity index (χ1) is 10.0. The number of hydrogen-bond acceptors (Lipinski definition) is 3. The van der Waals surface area contributed by atoms with Crippen LogP contribution in [0.5, 0.6) is 0 Å². The highest BCUT2D eigenvalue weighted by atomic mass is 16.1. The smallest absolute Gasteiger partial charge is 0.269 e. The van der Waals surface area contributed by atoms with Crippen molar-refractivity contribution in [3.8, 4) is 0 Å². The predicted octanol–water partition coefficient (Wildman–Crippen LogP) is 2.52. The number of aromatic nitrogens is 2. The van der Waals surface area contributed by atoms with E-state index in [1.165, 1.54) is 11.1 Å². The Morgan fingerprint density at radius 1 is 1.33 bits per heavy atom. The van der Waals surface area contributed by atoms with E-state index in [0.29, 0.717) is 24.0 Å². The summed E-state index contributed by atoms with van der Waals surface area (Å²) in [5.74, 6) is 1.07. The first-order valence-corrected chi connectivity index (χ1v) is 7.10. The Kier molecular flexibility index (Phi) is 4.62. The number of rotatable bonds is 5. The Morgan fingerprint density at radius 3 is 2.76 bits per heavy atom. The number of nitrogens with zero attached hydrogens (tertiary/aromatic N) is 2. The van der Waals surface area contributed by atoms with Gasteiger partial charge in [0.05, 0.1) is 0 Å². The van der Waals surface area contributed by atoms with Gasteiger partial charge in [-0.3, -0.25) is 9.48 Å². The van der Waals surface area contributed by atoms with Crippen molar-refractivity contribution in [1.29, 1.82) is 0 Å². The van der Waals surface area contributed by atoms with Gasteiger partial charge in [0.2, 0.25) is 0 Å². The van der Waals surface area contributed by atoms with E-state index >= 15 is 0 Å². The highest BCUT2D eigenvalue weighted by Crippen LogP contribution is 2.16. The van der Waals surface area contributed by atoms with Crippen LogP contribution in [0.25, 0.3) is 0 Å². The minimum atomic E-state index is -0.139. The van der Waals surface area contributed by atoms with Crippen LogP contribution in [0.15, 0.2) is 30.3 Å². The fourth-order valence-corrected chi connectivity index (χ4v) is 2.15. The van der Waals surface area contributed by atoms with Gasteiger partial charge in [0.15, 0.2) is 0 Å². The second-order valence-corrected chi connectivity index (χ2v) is 5.37. The molecule has 1 aromatic carbocycles. The normalized spacial score (nSPS) is 10.7. The number of nitrogens with one attached hydrogen (secondary N) is 2. The van der Waals surface area contributed by atoms with Crippen molar-refractivity contribution in [2.24, 2.45) is 7.05 Å². The number of carbonyl (C=O) groups is 1. The molecular weight excluding hydrogens is 264 g/mol. The first kappa shape index (κ1) is 15.1. The van der Waals surface area contributed by atoms with Crippen LogP contribution in [0.2, 0.25) is 0 Å². The molecule has 2 rings (SSSR count). The van der Waals surface area contributed by atoms with Gasteiger partial charge < -0.3 is 10.6 Å². The predicted molar refractivity (Wildman–Crippen MR) is 84.5 cm³/mol. The van der Waals surface area contributed by atoms with Gasteiger partial charge in [-0.05, 0) is 17.0 Å². The number of hydrogen-bond donors (Lipinski definition) is 2. The van der Waals surface area contributed by atoms with Crippen molar-refractivity contribution < 1.29 is 4.79 Å². The molecule has 0 atom stereocenters. The van der Waals surface area contributed by atoms with Crippen molar-refractivity contribution in [2.45, 2.75) is 26.3 Å². The molecule has 2 aromatic rings. The fourth-order valence-electron chi connectivity index (χ4n) is 2.15. The maximum absolute atomic E-state index is 11.6. The van der Waals surface area contributed by atoms with Gasteiger partial charge in [0.25, 0.3) is 5.91 Å². The zero-order valence-electron chi connectivity index (χ0n) is 13.0. The summed E-state index contributed by atoms with van der Waals surface area (Å²) in [6.07, 6.45) is 0. The van der Waals surface area contributed by atoms with Gasteiger partial charge >= 0.3 is 0 Å². The average Bonchev–Trinajstić information content (AvgIpc) is 2.85. The minimum Gasteiger partial charge on any atom is -0.365 e. The summed E-state index contributed by atoms with van der Waals surface area (Å²) in [5, 5.41) is 10.2. The lowest BCUT2D eigenvalue weighted by molar-refractivity contribution is 0.0954. The Morgan fingerprint density at radius 2 is 2.10 bits per heavy atom. The molecule has 5 nitrogen and oxygen atoms in total. The standard InChI is InChI=1S/C16H22N4O/c1-11(2)13-7-5-6-12(8-13)10-18-15-9-14(16(21)17-3)20(4)19-15/h5-9,11H,10H2,1-4H3,(H,17,21)(H,18,19). The summed E-state index contributed by atoms with van der Waals surface area (Å²) in [6, 6.07) is 10.2. The summed E-state index contributed by atoms with van der Waals surface area (Å²) in [7, 11) is 3.37. The molecule has 112 valence electrons. The highest BCUT2D eigenvalue weighted by Gasteiger charge is 2.11. The van der Waals surface area contributed by atoms with Crippen LogP contribution < -0.4 is 10.6 Å². The molecule has 1 heterocycles. The van der Waals surface area contributed by atoms with E-state index in [2.05, 4.69) is 53.8 Å². The van der Waals surface area contributed by atoms with Crippen molar-refractivity contribution in [2.75, 3.05) is 12.4 Å². The second-order valence-electron chi connectivity index (χ2n) is 5.37. The third-order valence-corrected chi connectivity index (χ3v) is 3.43. The van der Waals surface area contributed by atoms with Crippen LogP contribution in [0.4, 0.5) is 5.82 Å². The maximum atomic E-state index is 11.6. The molecule has 0 aliphatic carbocycles. The Hall–Kier alpha value is -2.30. The van der Waals surface area contributed by atoms with Crippen LogP contribution in [0, 0.1) is 0 Å². The van der Waals surface area contributed by atoms with Gasteiger partial charge in [0.1, 0.15) is 11.5 Å². The van der Waals surface area contributed by atoms with Crippen LogP contribution in [-0.4, -0.2) is 22.7 Å². The Balaban J connectivity index is 2.06. The van der Waals surface area contributed by atoms with E-state index in [1.54, 1.807) is 24.8 Å². The lowest BCUT2D eigenvalue weighted by Crippen LogP contribution is -2.20. The summed E-state index contributed by atoms with van der Waals surface area (Å²) in [5.41, 5.74) is 3.06. The quantitative estimate of drug-likeness (QED) is 0.888. The van der Waals surface area contributed by atoms with Crippen molar-refractivity contribution in [3.05, 3.63) is 47.2 Å². The van der Waals surface area contributed by atoms with Gasteiger partial charge in [-0.1, -0.05) is 38.1 Å². The van der Waals surface area contributed by atoms with Crippen molar-refractivity contribution in [1.82, 2.24) is 15.1 Å². The van der Waals surface area contributed by atoms with E-state index in [9.17, 15) is 4.79 Å². The van der Waals surface area contributed by atoms with Crippen molar-refractivity contribution in [3.63, 3.8) is 0 Å². The van der Waals surface area contributed by atoms with Crippen LogP contribution in [0.1, 0.15) is 41.4 Å². The lowest BCUT2D eigenvalue weighted by atomic mass is 10.0. The molecule has 1 aromatic heterocycles. The van der Waals surface area contributed by atoms with Crippen LogP contribution in [-0.2, 0) is 13.6 Å². The number of carbonyl (C=O) groups excluding carboxylic acids is 1. The molecule has 0 saturated heterocycles. The molecule has 0 unspecified atom stereocenters. The molecule has 1 amide bonds. The SMILES string of the molecule is CNC(=O)c1cc(NCc2cccc(C(C)C)c2)nn1C. The third-order valence-electron chi connectivity index (χ3n) is 3.43. The molecule has 5 heteroatoms. The number of benzene rings is 1. The van der Waals surface area contributed by atoms with Gasteiger partial charge in [0, 0.05) is 26.7 Å². The Labute approximate surface area is 125 Å². The maximum Gasteiger partial charge on any atom is 0.269 e. The van der Waals surface area contributed by atoms with Crippen LogP contribution >= 0.6 is 0 Å². The molecular formula is C16H22N4O. The average molecular weight is 286 g/mol. The van der Waals surface area contributed by atoms with Gasteiger partial charge in [-0.25, -0.2) is 0 Å². The molecule has 21 heavy (non-hydrogen) atoms. The van der Waals surface area contributed by atoms with Gasteiger partial charge in [-0.2, -0.15) is 5.10 Å². The Bertz CT molecular complexity index is 631. The van der Waals surface area contributed by atoms with Crippen molar-refractivity contribution >= 4 is 11.7 Å². The summed E-state index contributed by atoms with van der Waals surface area (Å²) in [4.78, 5) is 11.6. The fraction of sp³-hybridized carbons (Fsp3) is 0.375. The molecule has 0 fully saturated rings. The minimum absolute atomic E-state index is 0.139. The summed E-state index contributed by atoms with van der Waals surface area (Å²) < 4.78 is 1.58. The zero-order valence-corrected chi connectivity index (χ0v) is 13.0. The largest absolute Gasteiger partial charge is 0.365 e. The van der Waals surface area contributed by atoms with E-state index in [1.807, 2.05) is 0 Å². The van der Waals surface area contributed by atoms with Crippen LogP contribution in [0.3, 0.4) is 0 Å². The number of anilines is 1. The number of aryl methyl sites for hydroxylation is 1. The molecule has 0 bridgehead atoms. The highest BCUT2D eigenvalue weighted by molar-refractivity contribution is 5.93. The first-order valence-electron chi connectivity index (χ1n) is 7.10. The molecule has 0 aliphatic heterocycles. The lowest BCUT2D eigenvalue weighted by Gasteiger charge is -2.08. The second kappa shape index (κ2) is 6.43. The zero-order chi connectivity index (χ0) is 15.4. The monoisotopic (exact) mass is 286 g/mol. The van der Waals surface area contributed by atoms with Gasteiger partial charge in [-0.15, -0.1) is 0 Å². The van der Waals surface area contributed by atoms with E-state index in [-0.39, 0.29) is 5.91 Å². The summed E-state index contributed by atoms with van der Waals surface area (Å²) in [6.45, 7) is 5.05. The molecule has 0 saturated carbocycles. The molecule has 0 radical (unpaired) electrons.